The van der Waals surface area contributed by atoms with Crippen molar-refractivity contribution in [3.63, 3.8) is 0 Å². The van der Waals surface area contributed by atoms with Crippen molar-refractivity contribution in [2.75, 3.05) is 5.32 Å². The molecular weight excluding hydrogens is 478 g/mol. The molecule has 9 nitrogen and oxygen atoms in total. The Morgan fingerprint density at radius 2 is 1.76 bits per heavy atom. The van der Waals surface area contributed by atoms with E-state index in [1.807, 2.05) is 0 Å². The number of nitrogens with zero attached hydrogens (tertiary/aromatic N) is 5. The fourth-order valence-electron chi connectivity index (χ4n) is 4.12. The Bertz CT molecular complexity index is 1790. The van der Waals surface area contributed by atoms with E-state index >= 15 is 4.39 Å². The number of halogens is 2. The van der Waals surface area contributed by atoms with Crippen LogP contribution in [-0.2, 0) is 4.79 Å². The van der Waals surface area contributed by atoms with E-state index in [-0.39, 0.29) is 28.5 Å². The number of rotatable bonds is 5. The third-order valence-corrected chi connectivity index (χ3v) is 5.93. The van der Waals surface area contributed by atoms with E-state index in [4.69, 9.17) is 0 Å². The van der Waals surface area contributed by atoms with Crippen LogP contribution in [0, 0.1) is 11.6 Å². The summed E-state index contributed by atoms with van der Waals surface area (Å²) < 4.78 is 29.3. The number of anilines is 1. The van der Waals surface area contributed by atoms with Gasteiger partial charge < -0.3 is 10.3 Å². The highest BCUT2D eigenvalue weighted by atomic mass is 19.1. The molecule has 6 rings (SSSR count). The number of hydrogen-bond donors (Lipinski definition) is 3. The summed E-state index contributed by atoms with van der Waals surface area (Å²) in [5.41, 5.74) is 4.18. The summed E-state index contributed by atoms with van der Waals surface area (Å²) in [5, 5.41) is 10.0. The van der Waals surface area contributed by atoms with Crippen LogP contribution in [0.15, 0.2) is 61.3 Å². The molecule has 0 aliphatic heterocycles. The van der Waals surface area contributed by atoms with Gasteiger partial charge in [0.25, 0.3) is 0 Å². The van der Waals surface area contributed by atoms with Gasteiger partial charge in [-0.2, -0.15) is 5.10 Å². The van der Waals surface area contributed by atoms with Gasteiger partial charge in [0, 0.05) is 29.9 Å². The Kier molecular flexibility index (Phi) is 5.37. The maximum Gasteiger partial charge on any atom is 0.224 e. The number of carbonyl (C=O) groups is 1. The lowest BCUT2D eigenvalue weighted by molar-refractivity contribution is -0.115. The second-order valence-electron chi connectivity index (χ2n) is 8.32. The number of fused-ring (bicyclic) bond motifs is 2. The van der Waals surface area contributed by atoms with Crippen molar-refractivity contribution >= 4 is 33.5 Å². The molecule has 0 saturated heterocycles. The predicted molar refractivity (Wildman–Crippen MR) is 134 cm³/mol. The number of aromatic amines is 2. The van der Waals surface area contributed by atoms with Crippen LogP contribution >= 0.6 is 0 Å². The maximum atomic E-state index is 15.9. The van der Waals surface area contributed by atoms with E-state index in [1.54, 1.807) is 37.5 Å². The van der Waals surface area contributed by atoms with Gasteiger partial charge in [0.05, 0.1) is 46.2 Å². The van der Waals surface area contributed by atoms with Crippen LogP contribution in [0.2, 0.25) is 0 Å². The third-order valence-electron chi connectivity index (χ3n) is 5.93. The number of benzene rings is 1. The van der Waals surface area contributed by atoms with Gasteiger partial charge >= 0.3 is 0 Å². The van der Waals surface area contributed by atoms with Crippen LogP contribution in [0.5, 0.6) is 0 Å². The summed E-state index contributed by atoms with van der Waals surface area (Å²) in [6.07, 6.45) is 7.99. The minimum atomic E-state index is -0.612. The van der Waals surface area contributed by atoms with Gasteiger partial charge in [-0.3, -0.25) is 24.8 Å². The molecule has 11 heteroatoms. The summed E-state index contributed by atoms with van der Waals surface area (Å²) in [7, 11) is 0. The Hall–Kier alpha value is -5.06. The smallest absolute Gasteiger partial charge is 0.224 e. The zero-order chi connectivity index (χ0) is 25.5. The predicted octanol–water partition coefficient (Wildman–Crippen LogP) is 5.25. The Morgan fingerprint density at radius 1 is 0.946 bits per heavy atom. The van der Waals surface area contributed by atoms with Crippen LogP contribution in [0.1, 0.15) is 13.3 Å². The van der Waals surface area contributed by atoms with Gasteiger partial charge in [-0.15, -0.1) is 0 Å². The molecule has 0 unspecified atom stereocenters. The molecule has 0 atom stereocenters. The van der Waals surface area contributed by atoms with E-state index in [0.717, 1.165) is 5.56 Å². The molecule has 0 bridgehead atoms. The Balaban J connectivity index is 1.46. The lowest BCUT2D eigenvalue weighted by atomic mass is 10.1. The molecule has 5 aromatic heterocycles. The Labute approximate surface area is 208 Å². The van der Waals surface area contributed by atoms with Gasteiger partial charge in [0.2, 0.25) is 5.91 Å². The summed E-state index contributed by atoms with van der Waals surface area (Å²) in [5.74, 6) is -0.808. The van der Waals surface area contributed by atoms with E-state index in [1.165, 1.54) is 30.7 Å². The second-order valence-corrected chi connectivity index (χ2v) is 8.32. The van der Waals surface area contributed by atoms with E-state index in [9.17, 15) is 9.18 Å². The number of carbonyl (C=O) groups excluding carboxylic acids is 1. The average molecular weight is 496 g/mol. The van der Waals surface area contributed by atoms with E-state index in [2.05, 4.69) is 40.4 Å². The molecule has 0 aliphatic rings. The van der Waals surface area contributed by atoms with Gasteiger partial charge in [0.1, 0.15) is 17.2 Å². The maximum absolute atomic E-state index is 15.9. The van der Waals surface area contributed by atoms with Crippen LogP contribution < -0.4 is 5.32 Å². The fourth-order valence-corrected chi connectivity index (χ4v) is 4.12. The first-order chi connectivity index (χ1) is 18.0. The topological polar surface area (TPSA) is 125 Å². The van der Waals surface area contributed by atoms with Crippen LogP contribution in [0.3, 0.4) is 0 Å². The largest absolute Gasteiger partial charge is 0.335 e. The molecule has 0 spiro atoms. The van der Waals surface area contributed by atoms with Gasteiger partial charge in [-0.05, 0) is 23.8 Å². The SMILES string of the molecule is CCC(=O)Nc1cncc(-c2ncc3[nH]nc(-c4nc5c(-c6ccc(F)cc6)cncc5[nH]4)c3c2F)c1. The summed E-state index contributed by atoms with van der Waals surface area (Å²) in [6, 6.07) is 7.63. The van der Waals surface area contributed by atoms with Crippen molar-refractivity contribution in [3.8, 4) is 33.9 Å². The number of pyridine rings is 3. The minimum absolute atomic E-state index is 0.0556. The van der Waals surface area contributed by atoms with Crippen molar-refractivity contribution < 1.29 is 13.6 Å². The molecule has 0 saturated carbocycles. The highest BCUT2D eigenvalue weighted by molar-refractivity contribution is 5.98. The van der Waals surface area contributed by atoms with Crippen LogP contribution in [-0.4, -0.2) is 41.0 Å². The van der Waals surface area contributed by atoms with Crippen LogP contribution in [0.4, 0.5) is 14.5 Å². The number of imidazole rings is 1. The summed E-state index contributed by atoms with van der Waals surface area (Å²) in [4.78, 5) is 32.2. The number of nitrogens with one attached hydrogen (secondary N) is 3. The second kappa shape index (κ2) is 8.86. The monoisotopic (exact) mass is 496 g/mol. The molecule has 6 aromatic rings. The highest BCUT2D eigenvalue weighted by Gasteiger charge is 2.21. The van der Waals surface area contributed by atoms with Crippen LogP contribution in [0.25, 0.3) is 55.8 Å². The van der Waals surface area contributed by atoms with Crippen molar-refractivity contribution in [3.05, 3.63) is 73.0 Å². The number of hydrogen-bond acceptors (Lipinski definition) is 6. The van der Waals surface area contributed by atoms with Crippen molar-refractivity contribution in [1.82, 2.24) is 35.1 Å². The molecule has 0 fully saturated rings. The molecule has 0 aliphatic carbocycles. The molecule has 37 heavy (non-hydrogen) atoms. The first-order valence-corrected chi connectivity index (χ1v) is 11.4. The number of amides is 1. The first kappa shape index (κ1) is 22.4. The van der Waals surface area contributed by atoms with Crippen molar-refractivity contribution in [2.45, 2.75) is 13.3 Å². The number of aromatic nitrogens is 7. The summed E-state index contributed by atoms with van der Waals surface area (Å²) in [6.45, 7) is 1.74. The quantitative estimate of drug-likeness (QED) is 0.299. The third kappa shape index (κ3) is 3.96. The fraction of sp³-hybridized carbons (Fsp3) is 0.0769. The van der Waals surface area contributed by atoms with Gasteiger partial charge in [0.15, 0.2) is 11.6 Å². The first-order valence-electron chi connectivity index (χ1n) is 11.4. The average Bonchev–Trinajstić information content (AvgIpc) is 3.54. The number of H-pyrrole nitrogens is 2. The molecule has 1 amide bonds. The molecule has 5 heterocycles. The Morgan fingerprint density at radius 3 is 2.57 bits per heavy atom. The summed E-state index contributed by atoms with van der Waals surface area (Å²) >= 11 is 0. The normalized spacial score (nSPS) is 11.3. The molecule has 1 aromatic carbocycles. The van der Waals surface area contributed by atoms with Gasteiger partial charge in [-0.25, -0.2) is 13.8 Å². The van der Waals surface area contributed by atoms with Crippen molar-refractivity contribution in [1.29, 1.82) is 0 Å². The molecule has 182 valence electrons. The van der Waals surface area contributed by atoms with E-state index < -0.39 is 5.82 Å². The lowest BCUT2D eigenvalue weighted by Gasteiger charge is -2.07. The zero-order valence-electron chi connectivity index (χ0n) is 19.4. The minimum Gasteiger partial charge on any atom is -0.335 e. The zero-order valence-corrected chi connectivity index (χ0v) is 19.4. The lowest BCUT2D eigenvalue weighted by Crippen LogP contribution is -2.09. The molecule has 0 radical (unpaired) electrons. The molecular formula is C26H18F2N8O. The van der Waals surface area contributed by atoms with E-state index in [0.29, 0.717) is 45.6 Å². The standard InChI is InChI=1S/C26H18F2N8O/c1-2-20(37)32-16-7-14(8-29-9-16)23-22(28)21-18(12-31-23)35-36-25(21)26-33-19-11-30-10-17(24(19)34-26)13-3-5-15(27)6-4-13/h3-12H,2H2,1H3,(H,32,37)(H,33,34)(H,35,36). The highest BCUT2D eigenvalue weighted by Crippen LogP contribution is 2.34. The van der Waals surface area contributed by atoms with Gasteiger partial charge in [-0.1, -0.05) is 19.1 Å². The van der Waals surface area contributed by atoms with Crippen molar-refractivity contribution in [2.24, 2.45) is 0 Å². The molecule has 3 N–H and O–H groups in total.